The highest BCUT2D eigenvalue weighted by atomic mass is 32.1. The van der Waals surface area contributed by atoms with Crippen LogP contribution in [0.2, 0.25) is 0 Å². The first-order valence-electron chi connectivity index (χ1n) is 9.36. The van der Waals surface area contributed by atoms with Gasteiger partial charge in [-0.3, -0.25) is 4.79 Å². The Morgan fingerprint density at radius 3 is 2.86 bits per heavy atom. The van der Waals surface area contributed by atoms with E-state index in [-0.39, 0.29) is 29.3 Å². The fourth-order valence-electron chi connectivity index (χ4n) is 2.80. The van der Waals surface area contributed by atoms with Gasteiger partial charge in [-0.05, 0) is 24.5 Å². The lowest BCUT2D eigenvalue weighted by molar-refractivity contribution is -0.127. The number of hydrogen-bond donors (Lipinski definition) is 2. The molecular formula is C22H25NO4S. The van der Waals surface area contributed by atoms with Gasteiger partial charge in [-0.2, -0.15) is 0 Å². The lowest BCUT2D eigenvalue weighted by atomic mass is 10.00. The SMILES string of the molecule is CCC#CCC(C)[C@H](O)/C=C/[C@H]1CCC(=O)N1CC#Cc1ccc(C(=O)O)s1. The Kier molecular flexibility index (Phi) is 8.32. The smallest absolute Gasteiger partial charge is 0.345 e. The van der Waals surface area contributed by atoms with Gasteiger partial charge in [0.2, 0.25) is 5.91 Å². The van der Waals surface area contributed by atoms with E-state index in [4.69, 9.17) is 5.11 Å². The Balaban J connectivity index is 1.95. The van der Waals surface area contributed by atoms with Gasteiger partial charge in [0, 0.05) is 19.3 Å². The molecule has 1 aromatic rings. The van der Waals surface area contributed by atoms with Crippen molar-refractivity contribution >= 4 is 23.2 Å². The van der Waals surface area contributed by atoms with E-state index in [1.807, 2.05) is 19.9 Å². The molecule has 2 heterocycles. The van der Waals surface area contributed by atoms with E-state index in [0.717, 1.165) is 17.8 Å². The molecule has 2 N–H and O–H groups in total. The lowest BCUT2D eigenvalue weighted by Gasteiger charge is -2.20. The normalized spacial score (nSPS) is 18.3. The number of thiophene rings is 1. The fourth-order valence-corrected chi connectivity index (χ4v) is 3.52. The van der Waals surface area contributed by atoms with Crippen LogP contribution in [0.5, 0.6) is 0 Å². The predicted molar refractivity (Wildman–Crippen MR) is 110 cm³/mol. The average Bonchev–Trinajstić information content (AvgIpc) is 3.27. The molecule has 1 fully saturated rings. The molecule has 148 valence electrons. The Bertz CT molecular complexity index is 849. The molecule has 1 aliphatic rings. The van der Waals surface area contributed by atoms with E-state index in [1.54, 1.807) is 17.0 Å². The number of aliphatic hydroxyl groups is 1. The summed E-state index contributed by atoms with van der Waals surface area (Å²) in [6.45, 7) is 4.22. The third kappa shape index (κ3) is 6.27. The molecule has 1 aromatic heterocycles. The minimum absolute atomic E-state index is 0.0305. The molecule has 1 amide bonds. The Morgan fingerprint density at radius 1 is 1.39 bits per heavy atom. The maximum absolute atomic E-state index is 12.1. The number of carbonyl (C=O) groups is 2. The zero-order valence-electron chi connectivity index (χ0n) is 16.1. The number of likely N-dealkylation sites (tertiary alicyclic amines) is 1. The molecule has 0 aliphatic carbocycles. The van der Waals surface area contributed by atoms with E-state index in [2.05, 4.69) is 23.7 Å². The van der Waals surface area contributed by atoms with Gasteiger partial charge >= 0.3 is 5.97 Å². The second-order valence-electron chi connectivity index (χ2n) is 6.66. The van der Waals surface area contributed by atoms with Crippen molar-refractivity contribution in [2.75, 3.05) is 6.54 Å². The van der Waals surface area contributed by atoms with Crippen LogP contribution in [0.4, 0.5) is 0 Å². The van der Waals surface area contributed by atoms with E-state index in [0.29, 0.717) is 24.1 Å². The van der Waals surface area contributed by atoms with Crippen LogP contribution in [-0.2, 0) is 4.79 Å². The van der Waals surface area contributed by atoms with Crippen molar-refractivity contribution < 1.29 is 19.8 Å². The molecule has 3 atom stereocenters. The number of hydrogen-bond acceptors (Lipinski definition) is 4. The summed E-state index contributed by atoms with van der Waals surface area (Å²) in [7, 11) is 0. The van der Waals surface area contributed by atoms with Gasteiger partial charge in [0.05, 0.1) is 23.6 Å². The standard InChI is InChI=1S/C22H25NO4S/c1-3-4-5-7-16(2)19(24)12-9-17-10-14-21(25)23(17)15-6-8-18-11-13-20(28-18)22(26)27/h9,11-13,16-17,19,24H,3,7,10,14-15H2,1-2H3,(H,26,27)/b12-9+/t16?,17-,19+/m0/s1. The third-order valence-corrected chi connectivity index (χ3v) is 5.48. The number of aromatic carboxylic acids is 1. The summed E-state index contributed by atoms with van der Waals surface area (Å²) in [5.41, 5.74) is 0. The summed E-state index contributed by atoms with van der Waals surface area (Å²) in [6.07, 6.45) is 5.65. The van der Waals surface area contributed by atoms with Crippen LogP contribution in [-0.4, -0.2) is 45.7 Å². The first kappa shape index (κ1) is 21.8. The molecule has 0 saturated carbocycles. The summed E-state index contributed by atoms with van der Waals surface area (Å²) < 4.78 is 0. The average molecular weight is 400 g/mol. The Hall–Kier alpha value is -2.54. The lowest BCUT2D eigenvalue weighted by Crippen LogP contribution is -2.32. The van der Waals surface area contributed by atoms with Crippen molar-refractivity contribution in [1.29, 1.82) is 0 Å². The second-order valence-corrected chi connectivity index (χ2v) is 7.75. The number of rotatable bonds is 6. The summed E-state index contributed by atoms with van der Waals surface area (Å²) in [5, 5.41) is 19.2. The van der Waals surface area contributed by atoms with Gasteiger partial charge in [0.25, 0.3) is 0 Å². The van der Waals surface area contributed by atoms with E-state index < -0.39 is 12.1 Å². The summed E-state index contributed by atoms with van der Waals surface area (Å²) in [6, 6.07) is 3.11. The predicted octanol–water partition coefficient (Wildman–Crippen LogP) is 3.15. The van der Waals surface area contributed by atoms with Crippen molar-refractivity contribution in [2.45, 2.75) is 51.7 Å². The van der Waals surface area contributed by atoms with Crippen molar-refractivity contribution in [1.82, 2.24) is 4.90 Å². The minimum atomic E-state index is -0.966. The number of carboxylic acids is 1. The number of nitrogens with zero attached hydrogens (tertiary/aromatic N) is 1. The maximum Gasteiger partial charge on any atom is 0.345 e. The molecule has 1 saturated heterocycles. The van der Waals surface area contributed by atoms with Crippen LogP contribution >= 0.6 is 11.3 Å². The Labute approximate surface area is 170 Å². The number of carbonyl (C=O) groups excluding carboxylic acids is 1. The van der Waals surface area contributed by atoms with Crippen LogP contribution in [0, 0.1) is 29.6 Å². The van der Waals surface area contributed by atoms with Crippen LogP contribution in [0.15, 0.2) is 24.3 Å². The van der Waals surface area contributed by atoms with Gasteiger partial charge in [-0.25, -0.2) is 4.79 Å². The highest BCUT2D eigenvalue weighted by Crippen LogP contribution is 2.21. The van der Waals surface area contributed by atoms with Crippen LogP contribution in [0.1, 0.15) is 54.1 Å². The molecule has 1 unspecified atom stereocenters. The molecule has 1 aliphatic heterocycles. The summed E-state index contributed by atoms with van der Waals surface area (Å²) >= 11 is 1.12. The first-order chi connectivity index (χ1) is 13.4. The molecule has 28 heavy (non-hydrogen) atoms. The highest BCUT2D eigenvalue weighted by Gasteiger charge is 2.28. The fraction of sp³-hybridized carbons (Fsp3) is 0.455. The molecule has 2 rings (SSSR count). The second kappa shape index (κ2) is 10.7. The van der Waals surface area contributed by atoms with Gasteiger partial charge < -0.3 is 15.1 Å². The van der Waals surface area contributed by atoms with E-state index >= 15 is 0 Å². The van der Waals surface area contributed by atoms with Gasteiger partial charge in [-0.15, -0.1) is 23.2 Å². The minimum Gasteiger partial charge on any atom is -0.477 e. The highest BCUT2D eigenvalue weighted by molar-refractivity contribution is 7.14. The Morgan fingerprint density at radius 2 is 2.18 bits per heavy atom. The molecule has 0 bridgehead atoms. The summed E-state index contributed by atoms with van der Waals surface area (Å²) in [4.78, 5) is 25.7. The molecule has 0 radical (unpaired) electrons. The van der Waals surface area contributed by atoms with Gasteiger partial charge in [-0.1, -0.05) is 37.8 Å². The first-order valence-corrected chi connectivity index (χ1v) is 10.2. The van der Waals surface area contributed by atoms with Crippen LogP contribution in [0.3, 0.4) is 0 Å². The summed E-state index contributed by atoms with van der Waals surface area (Å²) in [5.74, 6) is 11.0. The zero-order valence-corrected chi connectivity index (χ0v) is 17.0. The molecule has 0 spiro atoms. The van der Waals surface area contributed by atoms with E-state index in [9.17, 15) is 14.7 Å². The van der Waals surface area contributed by atoms with E-state index in [1.165, 1.54) is 6.07 Å². The molecule has 6 heteroatoms. The maximum atomic E-state index is 12.1. The molecular weight excluding hydrogens is 374 g/mol. The zero-order chi connectivity index (χ0) is 20.5. The van der Waals surface area contributed by atoms with Crippen molar-refractivity contribution in [2.24, 2.45) is 5.92 Å². The van der Waals surface area contributed by atoms with Crippen LogP contribution in [0.25, 0.3) is 0 Å². The van der Waals surface area contributed by atoms with Gasteiger partial charge in [0.15, 0.2) is 0 Å². The monoisotopic (exact) mass is 399 g/mol. The third-order valence-electron chi connectivity index (χ3n) is 4.49. The van der Waals surface area contributed by atoms with Crippen molar-refractivity contribution in [3.63, 3.8) is 0 Å². The van der Waals surface area contributed by atoms with Crippen LogP contribution < -0.4 is 0 Å². The molecule has 5 nitrogen and oxygen atoms in total. The topological polar surface area (TPSA) is 77.8 Å². The molecule has 0 aromatic carbocycles. The largest absolute Gasteiger partial charge is 0.477 e. The quantitative estimate of drug-likeness (QED) is 0.569. The number of amides is 1. The number of aliphatic hydroxyl groups excluding tert-OH is 1. The van der Waals surface area contributed by atoms with Crippen molar-refractivity contribution in [3.05, 3.63) is 34.0 Å². The van der Waals surface area contributed by atoms with Crippen molar-refractivity contribution in [3.8, 4) is 23.7 Å². The number of carboxylic acid groups (broad SMARTS) is 1. The van der Waals surface area contributed by atoms with Gasteiger partial charge in [0.1, 0.15) is 4.88 Å².